The summed E-state index contributed by atoms with van der Waals surface area (Å²) in [6.07, 6.45) is 1.89. The molecule has 0 saturated carbocycles. The normalized spacial score (nSPS) is 10.4. The van der Waals surface area contributed by atoms with Gasteiger partial charge < -0.3 is 10.1 Å². The number of pyridine rings is 1. The zero-order chi connectivity index (χ0) is 18.4. The van der Waals surface area contributed by atoms with E-state index in [9.17, 15) is 9.18 Å². The summed E-state index contributed by atoms with van der Waals surface area (Å²) in [4.78, 5) is 16.5. The number of benzene rings is 2. The number of aryl methyl sites for hydroxylation is 1. The van der Waals surface area contributed by atoms with Gasteiger partial charge in [-0.05, 0) is 35.7 Å². The van der Waals surface area contributed by atoms with Crippen molar-refractivity contribution in [1.29, 1.82) is 0 Å². The molecule has 0 aliphatic heterocycles. The lowest BCUT2D eigenvalue weighted by Gasteiger charge is -2.11. The molecule has 4 nitrogen and oxygen atoms in total. The fourth-order valence-electron chi connectivity index (χ4n) is 2.48. The van der Waals surface area contributed by atoms with Gasteiger partial charge in [0.05, 0.1) is 6.20 Å². The zero-order valence-corrected chi connectivity index (χ0v) is 14.4. The van der Waals surface area contributed by atoms with Gasteiger partial charge in [-0.2, -0.15) is 0 Å². The molecule has 1 aromatic heterocycles. The lowest BCUT2D eigenvalue weighted by atomic mass is 10.1. The van der Waals surface area contributed by atoms with E-state index in [0.717, 1.165) is 29.8 Å². The standard InChI is InChI=1S/C21H19FN2O2/c1-2-15-9-6-10-18(11-15)26-21-19(12-17(22)14-24-21)20(25)23-13-16-7-4-3-5-8-16/h3-12,14H,2,13H2,1H3,(H,23,25). The van der Waals surface area contributed by atoms with Crippen LogP contribution in [0.5, 0.6) is 11.6 Å². The molecule has 0 aliphatic rings. The molecular weight excluding hydrogens is 331 g/mol. The Balaban J connectivity index is 1.79. The highest BCUT2D eigenvalue weighted by Crippen LogP contribution is 2.24. The third-order valence-corrected chi connectivity index (χ3v) is 3.88. The Kier molecular flexibility index (Phi) is 5.59. The predicted molar refractivity (Wildman–Crippen MR) is 97.7 cm³/mol. The van der Waals surface area contributed by atoms with Gasteiger partial charge in [0.25, 0.3) is 5.91 Å². The molecule has 3 aromatic rings. The average molecular weight is 350 g/mol. The highest BCUT2D eigenvalue weighted by atomic mass is 19.1. The van der Waals surface area contributed by atoms with Crippen LogP contribution in [0.3, 0.4) is 0 Å². The molecule has 0 atom stereocenters. The molecule has 1 heterocycles. The number of halogens is 1. The number of carbonyl (C=O) groups is 1. The van der Waals surface area contributed by atoms with Crippen LogP contribution in [0.1, 0.15) is 28.4 Å². The van der Waals surface area contributed by atoms with Crippen molar-refractivity contribution in [3.05, 3.63) is 89.4 Å². The second-order valence-corrected chi connectivity index (χ2v) is 5.78. The van der Waals surface area contributed by atoms with Crippen molar-refractivity contribution in [2.75, 3.05) is 0 Å². The van der Waals surface area contributed by atoms with Gasteiger partial charge in [0.1, 0.15) is 17.1 Å². The molecule has 0 saturated heterocycles. The van der Waals surface area contributed by atoms with Gasteiger partial charge in [-0.1, -0.05) is 49.4 Å². The Hall–Kier alpha value is -3.21. The number of ether oxygens (including phenoxy) is 1. The third kappa shape index (κ3) is 4.45. The molecule has 5 heteroatoms. The minimum Gasteiger partial charge on any atom is -0.438 e. The second-order valence-electron chi connectivity index (χ2n) is 5.78. The van der Waals surface area contributed by atoms with Gasteiger partial charge in [0.2, 0.25) is 5.88 Å². The van der Waals surface area contributed by atoms with Crippen molar-refractivity contribution in [2.45, 2.75) is 19.9 Å². The van der Waals surface area contributed by atoms with Crippen LogP contribution < -0.4 is 10.1 Å². The first-order valence-electron chi connectivity index (χ1n) is 8.40. The summed E-state index contributed by atoms with van der Waals surface area (Å²) in [5.74, 6) is -0.405. The van der Waals surface area contributed by atoms with Crippen LogP contribution in [0.25, 0.3) is 0 Å². The lowest BCUT2D eigenvalue weighted by Crippen LogP contribution is -2.23. The number of rotatable bonds is 6. The van der Waals surface area contributed by atoms with Crippen LogP contribution in [0.15, 0.2) is 66.9 Å². The summed E-state index contributed by atoms with van der Waals surface area (Å²) in [7, 11) is 0. The van der Waals surface area contributed by atoms with Crippen molar-refractivity contribution in [1.82, 2.24) is 10.3 Å². The number of nitrogens with one attached hydrogen (secondary N) is 1. The molecule has 0 spiro atoms. The Bertz CT molecular complexity index is 898. The Morgan fingerprint density at radius 2 is 1.85 bits per heavy atom. The van der Waals surface area contributed by atoms with Crippen molar-refractivity contribution in [3.63, 3.8) is 0 Å². The van der Waals surface area contributed by atoms with E-state index in [2.05, 4.69) is 10.3 Å². The van der Waals surface area contributed by atoms with E-state index >= 15 is 0 Å². The molecular formula is C21H19FN2O2. The summed E-state index contributed by atoms with van der Waals surface area (Å²) < 4.78 is 19.4. The molecule has 0 unspecified atom stereocenters. The summed E-state index contributed by atoms with van der Waals surface area (Å²) in [5, 5.41) is 2.77. The Morgan fingerprint density at radius 1 is 1.08 bits per heavy atom. The number of carbonyl (C=O) groups excluding carboxylic acids is 1. The molecule has 0 aliphatic carbocycles. The third-order valence-electron chi connectivity index (χ3n) is 3.88. The largest absolute Gasteiger partial charge is 0.438 e. The van der Waals surface area contributed by atoms with Crippen LogP contribution >= 0.6 is 0 Å². The van der Waals surface area contributed by atoms with E-state index in [1.165, 1.54) is 0 Å². The maximum Gasteiger partial charge on any atom is 0.257 e. The topological polar surface area (TPSA) is 51.2 Å². The lowest BCUT2D eigenvalue weighted by molar-refractivity contribution is 0.0947. The molecule has 0 fully saturated rings. The molecule has 1 amide bonds. The molecule has 0 bridgehead atoms. The fraction of sp³-hybridized carbons (Fsp3) is 0.143. The molecule has 2 aromatic carbocycles. The quantitative estimate of drug-likeness (QED) is 0.712. The van der Waals surface area contributed by atoms with E-state index in [1.54, 1.807) is 6.07 Å². The SMILES string of the molecule is CCc1cccc(Oc2ncc(F)cc2C(=O)NCc2ccccc2)c1. The van der Waals surface area contributed by atoms with Crippen molar-refractivity contribution in [3.8, 4) is 11.6 Å². The van der Waals surface area contributed by atoms with E-state index in [0.29, 0.717) is 12.3 Å². The maximum atomic E-state index is 13.6. The first kappa shape index (κ1) is 17.6. The van der Waals surface area contributed by atoms with Crippen molar-refractivity contribution < 1.29 is 13.9 Å². The number of hydrogen-bond acceptors (Lipinski definition) is 3. The Labute approximate surface area is 151 Å². The number of hydrogen-bond donors (Lipinski definition) is 1. The van der Waals surface area contributed by atoms with Gasteiger partial charge in [-0.3, -0.25) is 4.79 Å². The highest BCUT2D eigenvalue weighted by molar-refractivity contribution is 5.96. The molecule has 3 rings (SSSR count). The molecule has 26 heavy (non-hydrogen) atoms. The van der Waals surface area contributed by atoms with Gasteiger partial charge >= 0.3 is 0 Å². The first-order chi connectivity index (χ1) is 12.7. The second kappa shape index (κ2) is 8.25. The first-order valence-corrected chi connectivity index (χ1v) is 8.40. The minimum absolute atomic E-state index is 0.0582. The smallest absolute Gasteiger partial charge is 0.257 e. The minimum atomic E-state index is -0.593. The van der Waals surface area contributed by atoms with E-state index in [4.69, 9.17) is 4.74 Å². The molecule has 132 valence electrons. The van der Waals surface area contributed by atoms with Crippen LogP contribution in [0, 0.1) is 5.82 Å². The van der Waals surface area contributed by atoms with E-state index in [1.807, 2.05) is 55.5 Å². The van der Waals surface area contributed by atoms with Crippen molar-refractivity contribution in [2.24, 2.45) is 0 Å². The molecule has 0 radical (unpaired) electrons. The van der Waals surface area contributed by atoms with Crippen LogP contribution in [-0.4, -0.2) is 10.9 Å². The van der Waals surface area contributed by atoms with Crippen LogP contribution in [-0.2, 0) is 13.0 Å². The molecule has 1 N–H and O–H groups in total. The summed E-state index contributed by atoms with van der Waals surface area (Å²) in [6, 6.07) is 18.1. The maximum absolute atomic E-state index is 13.6. The van der Waals surface area contributed by atoms with Crippen molar-refractivity contribution >= 4 is 5.91 Å². The number of nitrogens with zero attached hydrogens (tertiary/aromatic N) is 1. The zero-order valence-electron chi connectivity index (χ0n) is 14.4. The predicted octanol–water partition coefficient (Wildman–Crippen LogP) is 4.51. The summed E-state index contributed by atoms with van der Waals surface area (Å²) in [6.45, 7) is 2.37. The highest BCUT2D eigenvalue weighted by Gasteiger charge is 2.16. The van der Waals surface area contributed by atoms with E-state index < -0.39 is 11.7 Å². The Morgan fingerprint density at radius 3 is 2.62 bits per heavy atom. The fourth-order valence-corrected chi connectivity index (χ4v) is 2.48. The van der Waals surface area contributed by atoms with E-state index in [-0.39, 0.29) is 11.4 Å². The van der Waals surface area contributed by atoms with Gasteiger partial charge in [0.15, 0.2) is 0 Å². The number of aromatic nitrogens is 1. The summed E-state index contributed by atoms with van der Waals surface area (Å²) >= 11 is 0. The van der Waals surface area contributed by atoms with Gasteiger partial charge in [0, 0.05) is 6.54 Å². The average Bonchev–Trinajstić information content (AvgIpc) is 2.68. The summed E-state index contributed by atoms with van der Waals surface area (Å²) in [5.41, 5.74) is 2.10. The van der Waals surface area contributed by atoms with Gasteiger partial charge in [-0.15, -0.1) is 0 Å². The number of amides is 1. The monoisotopic (exact) mass is 350 g/mol. The van der Waals surface area contributed by atoms with Gasteiger partial charge in [-0.25, -0.2) is 9.37 Å². The van der Waals surface area contributed by atoms with Crippen LogP contribution in [0.4, 0.5) is 4.39 Å². The van der Waals surface area contributed by atoms with Crippen LogP contribution in [0.2, 0.25) is 0 Å².